The van der Waals surface area contributed by atoms with Crippen molar-refractivity contribution >= 4 is 29.1 Å². The maximum atomic E-state index is 4.54. The van der Waals surface area contributed by atoms with E-state index in [1.807, 2.05) is 19.4 Å². The number of anilines is 3. The number of nitrogens with zero attached hydrogens (tertiary/aromatic N) is 2. The molecule has 110 valence electrons. The molecule has 1 heterocycles. The number of aryl methyl sites for hydroxylation is 1. The Morgan fingerprint density at radius 2 is 1.90 bits per heavy atom. The van der Waals surface area contributed by atoms with Gasteiger partial charge in [-0.1, -0.05) is 23.9 Å². The van der Waals surface area contributed by atoms with Gasteiger partial charge in [-0.05, 0) is 49.1 Å². The molecule has 0 bridgehead atoms. The maximum absolute atomic E-state index is 4.54. The van der Waals surface area contributed by atoms with Crippen molar-refractivity contribution in [3.63, 3.8) is 0 Å². The van der Waals surface area contributed by atoms with E-state index in [0.29, 0.717) is 0 Å². The third-order valence-electron chi connectivity index (χ3n) is 3.80. The first-order valence-electron chi connectivity index (χ1n) is 7.29. The Morgan fingerprint density at radius 1 is 1.10 bits per heavy atom. The lowest BCUT2D eigenvalue weighted by Crippen LogP contribution is -2.07. The zero-order chi connectivity index (χ0) is 14.7. The van der Waals surface area contributed by atoms with Crippen LogP contribution < -0.4 is 10.6 Å². The lowest BCUT2D eigenvalue weighted by molar-refractivity contribution is 0.687. The van der Waals surface area contributed by atoms with Gasteiger partial charge in [-0.15, -0.1) is 0 Å². The van der Waals surface area contributed by atoms with Gasteiger partial charge in [0.1, 0.15) is 11.6 Å². The average molecular weight is 300 g/mol. The van der Waals surface area contributed by atoms with Gasteiger partial charge >= 0.3 is 0 Å². The van der Waals surface area contributed by atoms with Crippen molar-refractivity contribution < 1.29 is 0 Å². The van der Waals surface area contributed by atoms with Crippen LogP contribution in [0.2, 0.25) is 0 Å². The second-order valence-corrected chi connectivity index (χ2v) is 5.92. The van der Waals surface area contributed by atoms with E-state index in [1.54, 1.807) is 11.8 Å². The molecule has 0 spiro atoms. The summed E-state index contributed by atoms with van der Waals surface area (Å²) in [5, 5.41) is 7.34. The number of nitrogens with one attached hydrogen (secondary N) is 2. The second kappa shape index (κ2) is 6.35. The van der Waals surface area contributed by atoms with Crippen LogP contribution in [-0.2, 0) is 12.8 Å². The van der Waals surface area contributed by atoms with Crippen molar-refractivity contribution in [1.82, 2.24) is 9.97 Å². The first-order chi connectivity index (χ1) is 10.3. The molecule has 0 fully saturated rings. The number of hydrogen-bond acceptors (Lipinski definition) is 5. The highest BCUT2D eigenvalue weighted by Crippen LogP contribution is 2.30. The van der Waals surface area contributed by atoms with E-state index < -0.39 is 0 Å². The number of hydrogen-bond donors (Lipinski definition) is 2. The van der Waals surface area contributed by atoms with Gasteiger partial charge in [0.05, 0.1) is 0 Å². The number of thioether (sulfide) groups is 1. The molecule has 1 aromatic heterocycles. The van der Waals surface area contributed by atoms with E-state index in [0.717, 1.165) is 23.2 Å². The third-order valence-corrected chi connectivity index (χ3v) is 4.35. The predicted molar refractivity (Wildman–Crippen MR) is 89.7 cm³/mol. The van der Waals surface area contributed by atoms with Crippen molar-refractivity contribution in [2.45, 2.75) is 30.8 Å². The average Bonchev–Trinajstić information content (AvgIpc) is 2.55. The molecule has 2 N–H and O–H groups in total. The van der Waals surface area contributed by atoms with Crippen LogP contribution in [-0.4, -0.2) is 23.3 Å². The minimum atomic E-state index is 0.772. The minimum absolute atomic E-state index is 0.772. The molecule has 2 aromatic rings. The van der Waals surface area contributed by atoms with E-state index in [9.17, 15) is 0 Å². The summed E-state index contributed by atoms with van der Waals surface area (Å²) in [6.45, 7) is 0. The highest BCUT2D eigenvalue weighted by Gasteiger charge is 2.13. The largest absolute Gasteiger partial charge is 0.373 e. The number of rotatable bonds is 4. The quantitative estimate of drug-likeness (QED) is 0.663. The SMILES string of the molecule is CNc1cc(Nc2cccc3c2CCCC3)nc(SC)n1. The smallest absolute Gasteiger partial charge is 0.191 e. The van der Waals surface area contributed by atoms with E-state index in [1.165, 1.54) is 36.1 Å². The standard InChI is InChI=1S/C16H20N4S/c1-17-14-10-15(20-16(19-14)21-2)18-13-9-5-7-11-6-3-4-8-12(11)13/h5,7,9-10H,3-4,6,8H2,1-2H3,(H2,17,18,19,20). The molecule has 0 atom stereocenters. The van der Waals surface area contributed by atoms with Gasteiger partial charge in [-0.2, -0.15) is 0 Å². The fourth-order valence-electron chi connectivity index (χ4n) is 2.74. The van der Waals surface area contributed by atoms with Crippen molar-refractivity contribution in [2.75, 3.05) is 23.9 Å². The highest BCUT2D eigenvalue weighted by molar-refractivity contribution is 7.98. The predicted octanol–water partition coefficient (Wildman–Crippen LogP) is 3.86. The topological polar surface area (TPSA) is 49.8 Å². The third kappa shape index (κ3) is 3.13. The Labute approximate surface area is 129 Å². The van der Waals surface area contributed by atoms with Crippen molar-refractivity contribution in [2.24, 2.45) is 0 Å². The molecule has 21 heavy (non-hydrogen) atoms. The van der Waals surface area contributed by atoms with Crippen LogP contribution in [0.25, 0.3) is 0 Å². The lowest BCUT2D eigenvalue weighted by Gasteiger charge is -2.20. The van der Waals surface area contributed by atoms with Crippen LogP contribution in [0, 0.1) is 0 Å². The lowest BCUT2D eigenvalue weighted by atomic mass is 9.90. The van der Waals surface area contributed by atoms with Crippen molar-refractivity contribution in [3.05, 3.63) is 35.4 Å². The first kappa shape index (κ1) is 14.2. The van der Waals surface area contributed by atoms with Crippen molar-refractivity contribution in [3.8, 4) is 0 Å². The van der Waals surface area contributed by atoms with E-state index in [4.69, 9.17) is 0 Å². The highest BCUT2D eigenvalue weighted by atomic mass is 32.2. The zero-order valence-electron chi connectivity index (χ0n) is 12.4. The summed E-state index contributed by atoms with van der Waals surface area (Å²) in [6.07, 6.45) is 6.89. The number of fused-ring (bicyclic) bond motifs is 1. The molecular formula is C16H20N4S. The van der Waals surface area contributed by atoms with Gasteiger partial charge in [0.2, 0.25) is 0 Å². The molecule has 5 heteroatoms. The molecule has 0 radical (unpaired) electrons. The summed E-state index contributed by atoms with van der Waals surface area (Å²) in [4.78, 5) is 8.95. The van der Waals surface area contributed by atoms with Crippen LogP contribution in [0.1, 0.15) is 24.0 Å². The van der Waals surface area contributed by atoms with Gasteiger partial charge in [0.15, 0.2) is 5.16 Å². The van der Waals surface area contributed by atoms with Crippen LogP contribution in [0.3, 0.4) is 0 Å². The number of benzene rings is 1. The normalized spacial score (nSPS) is 13.6. The van der Waals surface area contributed by atoms with Gasteiger partial charge in [-0.25, -0.2) is 9.97 Å². The molecule has 0 aliphatic heterocycles. The summed E-state index contributed by atoms with van der Waals surface area (Å²) in [5.41, 5.74) is 4.10. The summed E-state index contributed by atoms with van der Waals surface area (Å²) in [5.74, 6) is 1.68. The van der Waals surface area contributed by atoms with Gasteiger partial charge in [0, 0.05) is 18.8 Å². The maximum Gasteiger partial charge on any atom is 0.191 e. The second-order valence-electron chi connectivity index (χ2n) is 5.15. The number of aromatic nitrogens is 2. The Kier molecular flexibility index (Phi) is 4.29. The van der Waals surface area contributed by atoms with E-state index in [2.05, 4.69) is 38.8 Å². The molecule has 1 aliphatic carbocycles. The summed E-state index contributed by atoms with van der Waals surface area (Å²) in [6, 6.07) is 8.46. The van der Waals surface area contributed by atoms with Crippen molar-refractivity contribution in [1.29, 1.82) is 0 Å². The zero-order valence-corrected chi connectivity index (χ0v) is 13.3. The Balaban J connectivity index is 1.93. The molecule has 0 saturated carbocycles. The molecule has 0 saturated heterocycles. The summed E-state index contributed by atoms with van der Waals surface area (Å²) >= 11 is 1.55. The minimum Gasteiger partial charge on any atom is -0.373 e. The Hall–Kier alpha value is -1.75. The van der Waals surface area contributed by atoms with Gasteiger partial charge < -0.3 is 10.6 Å². The Bertz CT molecular complexity index is 620. The summed E-state index contributed by atoms with van der Waals surface area (Å²) < 4.78 is 0. The molecule has 4 nitrogen and oxygen atoms in total. The molecule has 1 aliphatic rings. The van der Waals surface area contributed by atoms with Crippen LogP contribution >= 0.6 is 11.8 Å². The summed E-state index contributed by atoms with van der Waals surface area (Å²) in [7, 11) is 1.88. The Morgan fingerprint density at radius 3 is 2.71 bits per heavy atom. The molecule has 3 rings (SSSR count). The van der Waals surface area contributed by atoms with E-state index >= 15 is 0 Å². The molecular weight excluding hydrogens is 280 g/mol. The monoisotopic (exact) mass is 300 g/mol. The first-order valence-corrected chi connectivity index (χ1v) is 8.51. The molecule has 1 aromatic carbocycles. The van der Waals surface area contributed by atoms with Gasteiger partial charge in [-0.3, -0.25) is 0 Å². The van der Waals surface area contributed by atoms with E-state index in [-0.39, 0.29) is 0 Å². The van der Waals surface area contributed by atoms with Crippen LogP contribution in [0.4, 0.5) is 17.3 Å². The molecule has 0 amide bonds. The van der Waals surface area contributed by atoms with Crippen LogP contribution in [0.15, 0.2) is 29.4 Å². The molecule has 0 unspecified atom stereocenters. The van der Waals surface area contributed by atoms with Crippen LogP contribution in [0.5, 0.6) is 0 Å². The van der Waals surface area contributed by atoms with Gasteiger partial charge in [0.25, 0.3) is 0 Å². The fraction of sp³-hybridized carbons (Fsp3) is 0.375. The fourth-order valence-corrected chi connectivity index (χ4v) is 3.12.